The number of carbonyl (C=O) groups is 1. The molecule has 0 heterocycles. The quantitative estimate of drug-likeness (QED) is 0.681. The normalized spacial score (nSPS) is 11.9. The lowest BCUT2D eigenvalue weighted by molar-refractivity contribution is 0.244. The van der Waals surface area contributed by atoms with E-state index in [4.69, 9.17) is 5.73 Å². The van der Waals surface area contributed by atoms with Gasteiger partial charge in [0.05, 0.1) is 6.04 Å². The molecular weight excluding hydrogens is 308 g/mol. The number of nitrogens with one attached hydrogen (secondary N) is 1. The highest BCUT2D eigenvalue weighted by Crippen LogP contribution is 2.33. The first-order chi connectivity index (χ1) is 12.2. The van der Waals surface area contributed by atoms with Gasteiger partial charge >= 0.3 is 6.03 Å². The zero-order chi connectivity index (χ0) is 17.5. The molecule has 0 aromatic heterocycles. The minimum atomic E-state index is -0.506. The van der Waals surface area contributed by atoms with Crippen LogP contribution < -0.4 is 11.1 Å². The molecule has 0 fully saturated rings. The molecule has 0 saturated carbocycles. The number of primary amides is 1. The second-order valence-corrected chi connectivity index (χ2v) is 6.08. The van der Waals surface area contributed by atoms with Crippen molar-refractivity contribution in [2.75, 3.05) is 0 Å². The van der Waals surface area contributed by atoms with Gasteiger partial charge in [-0.3, -0.25) is 0 Å². The summed E-state index contributed by atoms with van der Waals surface area (Å²) < 4.78 is 0. The molecule has 3 aromatic carbocycles. The van der Waals surface area contributed by atoms with E-state index in [-0.39, 0.29) is 12.0 Å². The Labute approximate surface area is 148 Å². The van der Waals surface area contributed by atoms with E-state index in [1.165, 1.54) is 11.1 Å². The first-order valence-electron chi connectivity index (χ1n) is 8.45. The summed E-state index contributed by atoms with van der Waals surface area (Å²) >= 11 is 0. The fraction of sp³-hybridized carbons (Fsp3) is 0.136. The van der Waals surface area contributed by atoms with Crippen LogP contribution in [0.25, 0.3) is 0 Å². The molecule has 3 heteroatoms. The van der Waals surface area contributed by atoms with Gasteiger partial charge < -0.3 is 11.1 Å². The zero-order valence-electron chi connectivity index (χ0n) is 14.0. The summed E-state index contributed by atoms with van der Waals surface area (Å²) in [4.78, 5) is 11.5. The number of rotatable bonds is 6. The maximum atomic E-state index is 11.5. The van der Waals surface area contributed by atoms with Crippen molar-refractivity contribution in [3.05, 3.63) is 108 Å². The molecule has 3 N–H and O–H groups in total. The Morgan fingerprint density at radius 2 is 1.12 bits per heavy atom. The first-order valence-corrected chi connectivity index (χ1v) is 8.45. The van der Waals surface area contributed by atoms with Crippen molar-refractivity contribution in [3.63, 3.8) is 0 Å². The maximum Gasteiger partial charge on any atom is 0.312 e. The Morgan fingerprint density at radius 1 is 0.720 bits per heavy atom. The number of urea groups is 1. The van der Waals surface area contributed by atoms with Gasteiger partial charge in [0.15, 0.2) is 0 Å². The number of hydrogen-bond acceptors (Lipinski definition) is 1. The average Bonchev–Trinajstić information content (AvgIpc) is 2.67. The molecule has 0 saturated heterocycles. The van der Waals surface area contributed by atoms with E-state index in [0.717, 1.165) is 12.0 Å². The SMILES string of the molecule is NC(=O)N[C@H](CC(c1ccccc1)c1ccccc1)c1ccccc1. The topological polar surface area (TPSA) is 55.1 Å². The van der Waals surface area contributed by atoms with Gasteiger partial charge in [-0.25, -0.2) is 4.79 Å². The monoisotopic (exact) mass is 330 g/mol. The van der Waals surface area contributed by atoms with Gasteiger partial charge in [0.2, 0.25) is 0 Å². The number of benzene rings is 3. The van der Waals surface area contributed by atoms with E-state index < -0.39 is 6.03 Å². The molecule has 0 aliphatic heterocycles. The van der Waals surface area contributed by atoms with E-state index >= 15 is 0 Å². The molecule has 0 unspecified atom stereocenters. The molecule has 2 amide bonds. The van der Waals surface area contributed by atoms with Crippen molar-refractivity contribution in [1.82, 2.24) is 5.32 Å². The van der Waals surface area contributed by atoms with Gasteiger partial charge in [0.1, 0.15) is 0 Å². The summed E-state index contributed by atoms with van der Waals surface area (Å²) in [5.74, 6) is 0.166. The second kappa shape index (κ2) is 8.15. The van der Waals surface area contributed by atoms with Crippen LogP contribution in [0.4, 0.5) is 4.79 Å². The Morgan fingerprint density at radius 3 is 1.52 bits per heavy atom. The van der Waals surface area contributed by atoms with Crippen LogP contribution in [-0.2, 0) is 0 Å². The summed E-state index contributed by atoms with van der Waals surface area (Å²) in [7, 11) is 0. The van der Waals surface area contributed by atoms with Gasteiger partial charge in [-0.2, -0.15) is 0 Å². The molecule has 3 aromatic rings. The lowest BCUT2D eigenvalue weighted by Crippen LogP contribution is -2.34. The van der Waals surface area contributed by atoms with Crippen molar-refractivity contribution >= 4 is 6.03 Å². The molecule has 0 radical (unpaired) electrons. The largest absolute Gasteiger partial charge is 0.352 e. The Bertz CT molecular complexity index is 749. The predicted octanol–water partition coefficient (Wildman–Crippen LogP) is 4.62. The molecule has 3 nitrogen and oxygen atoms in total. The van der Waals surface area contributed by atoms with Crippen molar-refractivity contribution < 1.29 is 4.79 Å². The van der Waals surface area contributed by atoms with Gasteiger partial charge in [0, 0.05) is 5.92 Å². The highest BCUT2D eigenvalue weighted by Gasteiger charge is 2.22. The van der Waals surface area contributed by atoms with Crippen LogP contribution in [-0.4, -0.2) is 6.03 Å². The lowest BCUT2D eigenvalue weighted by Gasteiger charge is -2.25. The van der Waals surface area contributed by atoms with Gasteiger partial charge in [-0.15, -0.1) is 0 Å². The van der Waals surface area contributed by atoms with Gasteiger partial charge in [-0.05, 0) is 23.1 Å². The fourth-order valence-corrected chi connectivity index (χ4v) is 3.21. The number of nitrogens with two attached hydrogens (primary N) is 1. The fourth-order valence-electron chi connectivity index (χ4n) is 3.21. The molecule has 0 spiro atoms. The van der Waals surface area contributed by atoms with E-state index in [1.54, 1.807) is 0 Å². The third-order valence-corrected chi connectivity index (χ3v) is 4.39. The van der Waals surface area contributed by atoms with Gasteiger partial charge in [0.25, 0.3) is 0 Å². The van der Waals surface area contributed by atoms with Crippen molar-refractivity contribution in [2.24, 2.45) is 5.73 Å². The highest BCUT2D eigenvalue weighted by molar-refractivity contribution is 5.72. The number of hydrogen-bond donors (Lipinski definition) is 2. The van der Waals surface area contributed by atoms with Gasteiger partial charge in [-0.1, -0.05) is 91.0 Å². The van der Waals surface area contributed by atoms with E-state index in [9.17, 15) is 4.79 Å². The van der Waals surface area contributed by atoms with Crippen molar-refractivity contribution in [2.45, 2.75) is 18.4 Å². The van der Waals surface area contributed by atoms with Crippen LogP contribution in [0.15, 0.2) is 91.0 Å². The van der Waals surface area contributed by atoms with E-state index in [2.05, 4.69) is 29.6 Å². The summed E-state index contributed by atoms with van der Waals surface area (Å²) in [5, 5.41) is 2.91. The van der Waals surface area contributed by atoms with Crippen LogP contribution in [0.1, 0.15) is 35.1 Å². The van der Waals surface area contributed by atoms with E-state index in [0.29, 0.717) is 0 Å². The summed E-state index contributed by atoms with van der Waals surface area (Å²) in [6.45, 7) is 0. The van der Waals surface area contributed by atoms with E-state index in [1.807, 2.05) is 66.7 Å². The van der Waals surface area contributed by atoms with Crippen molar-refractivity contribution in [3.8, 4) is 0 Å². The van der Waals surface area contributed by atoms with Crippen LogP contribution in [0.5, 0.6) is 0 Å². The second-order valence-electron chi connectivity index (χ2n) is 6.08. The van der Waals surface area contributed by atoms with Crippen molar-refractivity contribution in [1.29, 1.82) is 0 Å². The minimum absolute atomic E-state index is 0.149. The highest BCUT2D eigenvalue weighted by atomic mass is 16.2. The third-order valence-electron chi connectivity index (χ3n) is 4.39. The molecule has 3 rings (SSSR count). The average molecular weight is 330 g/mol. The minimum Gasteiger partial charge on any atom is -0.352 e. The third kappa shape index (κ3) is 4.48. The summed E-state index contributed by atoms with van der Waals surface area (Å²) in [5.41, 5.74) is 8.93. The lowest BCUT2D eigenvalue weighted by atomic mass is 9.84. The van der Waals surface area contributed by atoms with Crippen LogP contribution >= 0.6 is 0 Å². The molecule has 0 aliphatic carbocycles. The predicted molar refractivity (Wildman–Crippen MR) is 101 cm³/mol. The number of amides is 2. The Kier molecular flexibility index (Phi) is 5.47. The molecule has 0 aliphatic rings. The summed E-state index contributed by atoms with van der Waals surface area (Å²) in [6, 6.07) is 30.0. The standard InChI is InChI=1S/C22H22N2O/c23-22(25)24-21(19-14-8-3-9-15-19)16-20(17-10-4-1-5-11-17)18-12-6-2-7-13-18/h1-15,20-21H,16H2,(H3,23,24,25)/t21-/m1/s1. The van der Waals surface area contributed by atoms with Crippen LogP contribution in [0.3, 0.4) is 0 Å². The Balaban J connectivity index is 1.96. The maximum absolute atomic E-state index is 11.5. The van der Waals surface area contributed by atoms with Crippen LogP contribution in [0, 0.1) is 0 Å². The zero-order valence-corrected chi connectivity index (χ0v) is 14.0. The molecule has 25 heavy (non-hydrogen) atoms. The molecule has 0 bridgehead atoms. The first kappa shape index (κ1) is 16.8. The molecule has 126 valence electrons. The Hall–Kier alpha value is -3.07. The van der Waals surface area contributed by atoms with Crippen LogP contribution in [0.2, 0.25) is 0 Å². The molecular formula is C22H22N2O. The number of carbonyl (C=O) groups excluding carboxylic acids is 1. The summed E-state index contributed by atoms with van der Waals surface area (Å²) in [6.07, 6.45) is 0.737. The smallest absolute Gasteiger partial charge is 0.312 e. The molecule has 1 atom stereocenters.